The SMILES string of the molecule is COC(=O)CCN(CC(C)C)CC(C)C. The van der Waals surface area contributed by atoms with Crippen molar-refractivity contribution in [3.63, 3.8) is 0 Å². The lowest BCUT2D eigenvalue weighted by Gasteiger charge is -2.25. The van der Waals surface area contributed by atoms with Crippen LogP contribution < -0.4 is 0 Å². The van der Waals surface area contributed by atoms with E-state index in [1.54, 1.807) is 0 Å². The lowest BCUT2D eigenvalue weighted by atomic mass is 10.1. The van der Waals surface area contributed by atoms with E-state index in [-0.39, 0.29) is 5.97 Å². The highest BCUT2D eigenvalue weighted by atomic mass is 16.5. The largest absolute Gasteiger partial charge is 0.469 e. The number of ether oxygens (including phenoxy) is 1. The lowest BCUT2D eigenvalue weighted by Crippen LogP contribution is -2.33. The molecule has 90 valence electrons. The van der Waals surface area contributed by atoms with Gasteiger partial charge in [0.05, 0.1) is 13.5 Å². The maximum atomic E-state index is 11.0. The number of hydrogen-bond acceptors (Lipinski definition) is 3. The molecule has 0 bridgehead atoms. The van der Waals surface area contributed by atoms with Crippen molar-refractivity contribution in [1.82, 2.24) is 4.90 Å². The molecule has 0 aliphatic rings. The Kier molecular flexibility index (Phi) is 7.39. The molecule has 0 aromatic carbocycles. The quantitative estimate of drug-likeness (QED) is 0.610. The van der Waals surface area contributed by atoms with Gasteiger partial charge in [0.15, 0.2) is 0 Å². The Hall–Kier alpha value is -0.570. The summed E-state index contributed by atoms with van der Waals surface area (Å²) in [6.07, 6.45) is 0.496. The number of nitrogens with zero attached hydrogens (tertiary/aromatic N) is 1. The van der Waals surface area contributed by atoms with Gasteiger partial charge in [0.2, 0.25) is 0 Å². The van der Waals surface area contributed by atoms with Gasteiger partial charge in [-0.1, -0.05) is 27.7 Å². The molecule has 0 heterocycles. The molecule has 0 aliphatic heterocycles. The Morgan fingerprint density at radius 2 is 1.60 bits per heavy atom. The Bertz CT molecular complexity index is 168. The minimum absolute atomic E-state index is 0.118. The van der Waals surface area contributed by atoms with Crippen LogP contribution >= 0.6 is 0 Å². The summed E-state index contributed by atoms with van der Waals surface area (Å²) in [7, 11) is 1.44. The van der Waals surface area contributed by atoms with Gasteiger partial charge >= 0.3 is 5.97 Å². The highest BCUT2D eigenvalue weighted by Crippen LogP contribution is 2.04. The third-order valence-electron chi connectivity index (χ3n) is 2.11. The topological polar surface area (TPSA) is 29.5 Å². The Morgan fingerprint density at radius 1 is 1.13 bits per heavy atom. The number of carbonyl (C=O) groups is 1. The molecule has 0 N–H and O–H groups in total. The first kappa shape index (κ1) is 14.4. The van der Waals surface area contributed by atoms with E-state index in [9.17, 15) is 4.79 Å². The van der Waals surface area contributed by atoms with Gasteiger partial charge in [-0.05, 0) is 11.8 Å². The highest BCUT2D eigenvalue weighted by Gasteiger charge is 2.11. The van der Waals surface area contributed by atoms with Crippen molar-refractivity contribution in [1.29, 1.82) is 0 Å². The minimum Gasteiger partial charge on any atom is -0.469 e. The van der Waals surface area contributed by atoms with E-state index in [0.29, 0.717) is 18.3 Å². The van der Waals surface area contributed by atoms with Gasteiger partial charge in [-0.2, -0.15) is 0 Å². The zero-order valence-corrected chi connectivity index (χ0v) is 10.7. The van der Waals surface area contributed by atoms with Crippen molar-refractivity contribution in [2.45, 2.75) is 34.1 Å². The molecule has 15 heavy (non-hydrogen) atoms. The minimum atomic E-state index is -0.118. The number of rotatable bonds is 7. The van der Waals surface area contributed by atoms with Gasteiger partial charge in [0.25, 0.3) is 0 Å². The summed E-state index contributed by atoms with van der Waals surface area (Å²) in [6, 6.07) is 0. The normalized spacial score (nSPS) is 11.5. The van der Waals surface area contributed by atoms with Crippen LogP contribution in [0.3, 0.4) is 0 Å². The molecule has 0 saturated heterocycles. The predicted octanol–water partition coefficient (Wildman–Crippen LogP) is 2.16. The molecule has 0 aromatic rings. The molecule has 0 unspecified atom stereocenters. The van der Waals surface area contributed by atoms with Crippen molar-refractivity contribution in [3.8, 4) is 0 Å². The van der Waals surface area contributed by atoms with Gasteiger partial charge in [-0.25, -0.2) is 0 Å². The number of esters is 1. The van der Waals surface area contributed by atoms with Crippen LogP contribution in [0.25, 0.3) is 0 Å². The van der Waals surface area contributed by atoms with Crippen LogP contribution in [0.1, 0.15) is 34.1 Å². The molecule has 0 saturated carbocycles. The van der Waals surface area contributed by atoms with Crippen LogP contribution in [0.2, 0.25) is 0 Å². The van der Waals surface area contributed by atoms with E-state index < -0.39 is 0 Å². The van der Waals surface area contributed by atoms with Crippen LogP contribution in [0, 0.1) is 11.8 Å². The molecule has 0 aliphatic carbocycles. The van der Waals surface area contributed by atoms with Crippen LogP contribution in [-0.2, 0) is 9.53 Å². The second kappa shape index (κ2) is 7.69. The summed E-state index contributed by atoms with van der Waals surface area (Å²) in [5.41, 5.74) is 0. The summed E-state index contributed by atoms with van der Waals surface area (Å²) >= 11 is 0. The third kappa shape index (κ3) is 8.43. The number of methoxy groups -OCH3 is 1. The van der Waals surface area contributed by atoms with Gasteiger partial charge in [-0.3, -0.25) is 4.79 Å². The van der Waals surface area contributed by atoms with Gasteiger partial charge < -0.3 is 9.64 Å². The second-order valence-electron chi connectivity index (χ2n) is 4.87. The molecule has 0 rings (SSSR count). The first-order chi connectivity index (χ1) is 6.95. The molecule has 0 radical (unpaired) electrons. The van der Waals surface area contributed by atoms with E-state index in [2.05, 4.69) is 37.3 Å². The molecule has 0 amide bonds. The maximum absolute atomic E-state index is 11.0. The number of carbonyl (C=O) groups excluding carboxylic acids is 1. The molecule has 0 fully saturated rings. The summed E-state index contributed by atoms with van der Waals surface area (Å²) in [5, 5.41) is 0. The maximum Gasteiger partial charge on any atom is 0.306 e. The van der Waals surface area contributed by atoms with Gasteiger partial charge in [0, 0.05) is 19.6 Å². The fourth-order valence-corrected chi connectivity index (χ4v) is 1.64. The third-order valence-corrected chi connectivity index (χ3v) is 2.11. The highest BCUT2D eigenvalue weighted by molar-refractivity contribution is 5.69. The standard InChI is InChI=1S/C12H25NO2/c1-10(2)8-13(9-11(3)4)7-6-12(14)15-5/h10-11H,6-9H2,1-5H3. The van der Waals surface area contributed by atoms with Crippen LogP contribution in [-0.4, -0.2) is 37.6 Å². The lowest BCUT2D eigenvalue weighted by molar-refractivity contribution is -0.141. The Morgan fingerprint density at radius 3 is 1.93 bits per heavy atom. The Balaban J connectivity index is 3.95. The molecule has 0 spiro atoms. The predicted molar refractivity (Wildman–Crippen MR) is 62.7 cm³/mol. The summed E-state index contributed by atoms with van der Waals surface area (Å²) in [6.45, 7) is 11.7. The van der Waals surface area contributed by atoms with Crippen molar-refractivity contribution < 1.29 is 9.53 Å². The van der Waals surface area contributed by atoms with Crippen molar-refractivity contribution >= 4 is 5.97 Å². The molecule has 3 nitrogen and oxygen atoms in total. The zero-order chi connectivity index (χ0) is 11.8. The second-order valence-corrected chi connectivity index (χ2v) is 4.87. The molecule has 0 atom stereocenters. The monoisotopic (exact) mass is 215 g/mol. The van der Waals surface area contributed by atoms with Crippen molar-refractivity contribution in [2.24, 2.45) is 11.8 Å². The number of hydrogen-bond donors (Lipinski definition) is 0. The van der Waals surface area contributed by atoms with Gasteiger partial charge in [0.1, 0.15) is 0 Å². The first-order valence-corrected chi connectivity index (χ1v) is 5.74. The van der Waals surface area contributed by atoms with Crippen LogP contribution in [0.5, 0.6) is 0 Å². The van der Waals surface area contributed by atoms with E-state index in [4.69, 9.17) is 0 Å². The Labute approximate surface area is 93.8 Å². The smallest absolute Gasteiger partial charge is 0.306 e. The zero-order valence-electron chi connectivity index (χ0n) is 10.7. The average Bonchev–Trinajstić information content (AvgIpc) is 2.11. The van der Waals surface area contributed by atoms with Crippen LogP contribution in [0.15, 0.2) is 0 Å². The molecular weight excluding hydrogens is 190 g/mol. The summed E-state index contributed by atoms with van der Waals surface area (Å²) < 4.78 is 4.64. The summed E-state index contributed by atoms with van der Waals surface area (Å²) in [5.74, 6) is 1.16. The van der Waals surface area contributed by atoms with Gasteiger partial charge in [-0.15, -0.1) is 0 Å². The fourth-order valence-electron chi connectivity index (χ4n) is 1.64. The van der Waals surface area contributed by atoms with Crippen molar-refractivity contribution in [3.05, 3.63) is 0 Å². The average molecular weight is 215 g/mol. The van der Waals surface area contributed by atoms with Crippen LogP contribution in [0.4, 0.5) is 0 Å². The fraction of sp³-hybridized carbons (Fsp3) is 0.917. The van der Waals surface area contributed by atoms with E-state index in [1.165, 1.54) is 7.11 Å². The summed E-state index contributed by atoms with van der Waals surface area (Å²) in [4.78, 5) is 13.4. The molecular formula is C12H25NO2. The molecule has 3 heteroatoms. The van der Waals surface area contributed by atoms with E-state index >= 15 is 0 Å². The van der Waals surface area contributed by atoms with E-state index in [0.717, 1.165) is 19.6 Å². The first-order valence-electron chi connectivity index (χ1n) is 5.74. The van der Waals surface area contributed by atoms with E-state index in [1.807, 2.05) is 0 Å². The molecule has 0 aromatic heterocycles. The van der Waals surface area contributed by atoms with Crippen molar-refractivity contribution in [2.75, 3.05) is 26.7 Å².